The zero-order valence-electron chi connectivity index (χ0n) is 17.6. The molecule has 1 heterocycles. The first-order valence-electron chi connectivity index (χ1n) is 9.64. The minimum absolute atomic E-state index is 0.0897. The Morgan fingerprint density at radius 2 is 1.68 bits per heavy atom. The van der Waals surface area contributed by atoms with Gasteiger partial charge in [-0.3, -0.25) is 4.79 Å². The lowest BCUT2D eigenvalue weighted by Crippen LogP contribution is -2.22. The van der Waals surface area contributed by atoms with Crippen molar-refractivity contribution in [2.45, 2.75) is 6.04 Å². The Balaban J connectivity index is 2.04. The average molecular weight is 436 g/mol. The number of benzene rings is 2. The molecule has 0 spiro atoms. The molecule has 160 valence electrons. The molecule has 7 heteroatoms. The van der Waals surface area contributed by atoms with Crippen LogP contribution >= 0.6 is 11.3 Å². The zero-order valence-corrected chi connectivity index (χ0v) is 18.5. The molecule has 0 aliphatic heterocycles. The van der Waals surface area contributed by atoms with Crippen LogP contribution in [0.5, 0.6) is 11.5 Å². The van der Waals surface area contributed by atoms with Gasteiger partial charge in [0.2, 0.25) is 0 Å². The van der Waals surface area contributed by atoms with Gasteiger partial charge >= 0.3 is 0 Å². The SMILES string of the molecule is CN/C=C(\C=N)c1cscc1C(=O)C(Nc1cc(OC)cc(OC)c1)c1ccccc1. The molecule has 1 unspecified atom stereocenters. The van der Waals surface area contributed by atoms with Gasteiger partial charge in [-0.25, -0.2) is 0 Å². The molecule has 0 amide bonds. The number of hydrogen-bond donors (Lipinski definition) is 3. The van der Waals surface area contributed by atoms with Crippen molar-refractivity contribution in [2.24, 2.45) is 0 Å². The molecule has 0 fully saturated rings. The van der Waals surface area contributed by atoms with Crippen molar-refractivity contribution in [3.63, 3.8) is 0 Å². The van der Waals surface area contributed by atoms with Gasteiger partial charge in [0.25, 0.3) is 0 Å². The summed E-state index contributed by atoms with van der Waals surface area (Å²) in [6, 6.07) is 14.4. The maximum Gasteiger partial charge on any atom is 0.191 e. The summed E-state index contributed by atoms with van der Waals surface area (Å²) in [4.78, 5) is 13.7. The first-order valence-corrected chi connectivity index (χ1v) is 10.6. The Morgan fingerprint density at radius 1 is 1.03 bits per heavy atom. The highest BCUT2D eigenvalue weighted by Crippen LogP contribution is 2.32. The van der Waals surface area contributed by atoms with E-state index in [9.17, 15) is 4.79 Å². The molecule has 3 N–H and O–H groups in total. The average Bonchev–Trinajstić information content (AvgIpc) is 3.30. The number of rotatable bonds is 10. The number of carbonyl (C=O) groups excluding carboxylic acids is 1. The molecule has 0 aliphatic carbocycles. The highest BCUT2D eigenvalue weighted by Gasteiger charge is 2.26. The molecular weight excluding hydrogens is 410 g/mol. The molecule has 1 aromatic heterocycles. The van der Waals surface area contributed by atoms with Gasteiger partial charge < -0.3 is 25.5 Å². The number of methoxy groups -OCH3 is 2. The molecule has 31 heavy (non-hydrogen) atoms. The lowest BCUT2D eigenvalue weighted by molar-refractivity contribution is 0.0969. The third-order valence-corrected chi connectivity index (χ3v) is 5.49. The predicted molar refractivity (Wildman–Crippen MR) is 127 cm³/mol. The van der Waals surface area contributed by atoms with E-state index in [2.05, 4.69) is 10.6 Å². The van der Waals surface area contributed by atoms with Crippen LogP contribution in [-0.2, 0) is 0 Å². The van der Waals surface area contributed by atoms with E-state index in [4.69, 9.17) is 14.9 Å². The van der Waals surface area contributed by atoms with Crippen LogP contribution in [-0.4, -0.2) is 33.3 Å². The molecule has 0 radical (unpaired) electrons. The third-order valence-electron chi connectivity index (χ3n) is 4.75. The van der Waals surface area contributed by atoms with Crippen molar-refractivity contribution in [2.75, 3.05) is 26.6 Å². The van der Waals surface area contributed by atoms with E-state index in [1.807, 2.05) is 53.2 Å². The number of hydrogen-bond acceptors (Lipinski definition) is 7. The summed E-state index contributed by atoms with van der Waals surface area (Å²) in [5, 5.41) is 17.7. The molecular formula is C24H25N3O3S. The number of ether oxygens (including phenoxy) is 2. The Morgan fingerprint density at radius 3 is 2.26 bits per heavy atom. The summed E-state index contributed by atoms with van der Waals surface area (Å²) in [6.07, 6.45) is 2.96. The molecule has 6 nitrogen and oxygen atoms in total. The highest BCUT2D eigenvalue weighted by atomic mass is 32.1. The highest BCUT2D eigenvalue weighted by molar-refractivity contribution is 7.08. The van der Waals surface area contributed by atoms with Crippen LogP contribution in [0.1, 0.15) is 27.5 Å². The lowest BCUT2D eigenvalue weighted by Gasteiger charge is -2.21. The Labute approximate surface area is 186 Å². The summed E-state index contributed by atoms with van der Waals surface area (Å²) in [5.74, 6) is 1.16. The van der Waals surface area contributed by atoms with E-state index in [1.54, 1.807) is 33.5 Å². The van der Waals surface area contributed by atoms with Crippen LogP contribution in [0.25, 0.3) is 5.57 Å². The first kappa shape index (κ1) is 22.1. The van der Waals surface area contributed by atoms with Crippen molar-refractivity contribution < 1.29 is 14.3 Å². The Kier molecular flexibility index (Phi) is 7.45. The van der Waals surface area contributed by atoms with E-state index in [0.717, 1.165) is 11.1 Å². The number of nitrogens with one attached hydrogen (secondary N) is 3. The summed E-state index contributed by atoms with van der Waals surface area (Å²) in [7, 11) is 4.94. The lowest BCUT2D eigenvalue weighted by atomic mass is 9.94. The fraction of sp³-hybridized carbons (Fsp3) is 0.167. The van der Waals surface area contributed by atoms with Crippen molar-refractivity contribution in [3.8, 4) is 11.5 Å². The van der Waals surface area contributed by atoms with Gasteiger partial charge in [0.15, 0.2) is 5.78 Å². The van der Waals surface area contributed by atoms with Gasteiger partial charge in [0, 0.05) is 65.4 Å². The van der Waals surface area contributed by atoms with E-state index < -0.39 is 6.04 Å². The summed E-state index contributed by atoms with van der Waals surface area (Å²) >= 11 is 1.43. The molecule has 3 aromatic rings. The van der Waals surface area contributed by atoms with E-state index in [-0.39, 0.29) is 5.78 Å². The summed E-state index contributed by atoms with van der Waals surface area (Å²) in [5.41, 5.74) is 3.46. The molecule has 2 aromatic carbocycles. The van der Waals surface area contributed by atoms with Crippen LogP contribution in [0, 0.1) is 5.41 Å². The van der Waals surface area contributed by atoms with Gasteiger partial charge in [-0.05, 0) is 10.9 Å². The Hall–Kier alpha value is -3.58. The number of allylic oxidation sites excluding steroid dienone is 1. The van der Waals surface area contributed by atoms with Crippen LogP contribution in [0.3, 0.4) is 0 Å². The Bertz CT molecular complexity index is 1050. The van der Waals surface area contributed by atoms with Crippen molar-refractivity contribution in [3.05, 3.63) is 82.2 Å². The summed E-state index contributed by atoms with van der Waals surface area (Å²) < 4.78 is 10.7. The number of anilines is 1. The number of thiophene rings is 1. The van der Waals surface area contributed by atoms with E-state index in [1.165, 1.54) is 17.6 Å². The topological polar surface area (TPSA) is 83.4 Å². The van der Waals surface area contributed by atoms with Gasteiger partial charge in [-0.1, -0.05) is 30.3 Å². The van der Waals surface area contributed by atoms with Gasteiger partial charge in [0.1, 0.15) is 17.5 Å². The first-order chi connectivity index (χ1) is 15.1. The van der Waals surface area contributed by atoms with Gasteiger partial charge in [-0.2, -0.15) is 11.3 Å². The number of carbonyl (C=O) groups is 1. The third kappa shape index (κ3) is 5.13. The normalized spacial score (nSPS) is 12.0. The van der Waals surface area contributed by atoms with E-state index in [0.29, 0.717) is 28.3 Å². The van der Waals surface area contributed by atoms with Crippen molar-refractivity contribution >= 4 is 34.6 Å². The van der Waals surface area contributed by atoms with Crippen molar-refractivity contribution in [1.29, 1.82) is 5.41 Å². The quantitative estimate of drug-likeness (QED) is 0.308. The second kappa shape index (κ2) is 10.4. The second-order valence-electron chi connectivity index (χ2n) is 6.69. The molecule has 0 bridgehead atoms. The molecule has 0 aliphatic rings. The molecule has 1 atom stereocenters. The number of Topliss-reactive ketones (excluding diaryl/α,β-unsaturated/α-hetero) is 1. The zero-order chi connectivity index (χ0) is 22.2. The fourth-order valence-corrected chi connectivity index (χ4v) is 4.07. The van der Waals surface area contributed by atoms with Crippen molar-refractivity contribution in [1.82, 2.24) is 5.32 Å². The maximum atomic E-state index is 13.7. The molecule has 0 saturated heterocycles. The fourth-order valence-electron chi connectivity index (χ4n) is 3.22. The standard InChI is InChI=1S/C24H25N3O3S/c1-26-13-17(12-25)21-14-31-15-22(21)24(28)23(16-7-5-4-6-8-16)27-18-9-19(29-2)11-20(10-18)30-3/h4-15,23,25-27H,1-3H3/b17-13+,25-12?. The maximum absolute atomic E-state index is 13.7. The van der Waals surface area contributed by atoms with Crippen LogP contribution in [0.2, 0.25) is 0 Å². The largest absolute Gasteiger partial charge is 0.497 e. The smallest absolute Gasteiger partial charge is 0.191 e. The van der Waals surface area contributed by atoms with Crippen LogP contribution in [0.4, 0.5) is 5.69 Å². The minimum Gasteiger partial charge on any atom is -0.497 e. The predicted octanol–water partition coefficient (Wildman–Crippen LogP) is 5.01. The van der Waals surface area contributed by atoms with Gasteiger partial charge in [0.05, 0.1) is 14.2 Å². The van der Waals surface area contributed by atoms with E-state index >= 15 is 0 Å². The summed E-state index contributed by atoms with van der Waals surface area (Å²) in [6.45, 7) is 0. The number of ketones is 1. The second-order valence-corrected chi connectivity index (χ2v) is 7.43. The molecule has 3 rings (SSSR count). The molecule has 0 saturated carbocycles. The monoisotopic (exact) mass is 435 g/mol. The van der Waals surface area contributed by atoms with Crippen LogP contribution < -0.4 is 20.1 Å². The van der Waals surface area contributed by atoms with Crippen LogP contribution in [0.15, 0.2) is 65.5 Å². The minimum atomic E-state index is -0.632. The van der Waals surface area contributed by atoms with Gasteiger partial charge in [-0.15, -0.1) is 0 Å².